The topological polar surface area (TPSA) is 70.7 Å². The molecule has 20 heavy (non-hydrogen) atoms. The highest BCUT2D eigenvalue weighted by molar-refractivity contribution is 14.0. The molecule has 0 aromatic rings. The second kappa shape index (κ2) is 7.47. The number of guanidine groups is 1. The molecule has 1 heterocycles. The molecule has 1 aliphatic heterocycles. The van der Waals surface area contributed by atoms with Crippen molar-refractivity contribution < 1.29 is 4.79 Å². The Balaban J connectivity index is 0.00000361. The number of nitrogens with zero attached hydrogens (tertiary/aromatic N) is 2. The highest BCUT2D eigenvalue weighted by Gasteiger charge is 2.31. The molecule has 5 nitrogen and oxygen atoms in total. The summed E-state index contributed by atoms with van der Waals surface area (Å²) in [5.41, 5.74) is 5.11. The van der Waals surface area contributed by atoms with Gasteiger partial charge in [0.05, 0.1) is 12.0 Å². The zero-order valence-corrected chi connectivity index (χ0v) is 15.7. The highest BCUT2D eigenvalue weighted by atomic mass is 127. The van der Waals surface area contributed by atoms with Gasteiger partial charge in [-0.25, -0.2) is 0 Å². The van der Waals surface area contributed by atoms with Gasteiger partial charge < -0.3 is 16.0 Å². The lowest BCUT2D eigenvalue weighted by Gasteiger charge is -2.25. The molecule has 118 valence electrons. The summed E-state index contributed by atoms with van der Waals surface area (Å²) in [6, 6.07) is 0. The number of carbonyl (C=O) groups is 1. The first-order chi connectivity index (χ1) is 8.68. The molecule has 1 rings (SSSR count). The van der Waals surface area contributed by atoms with E-state index in [2.05, 4.69) is 36.0 Å². The van der Waals surface area contributed by atoms with E-state index < -0.39 is 5.41 Å². The van der Waals surface area contributed by atoms with Crippen LogP contribution in [0.15, 0.2) is 4.99 Å². The van der Waals surface area contributed by atoms with E-state index in [1.54, 1.807) is 0 Å². The van der Waals surface area contributed by atoms with E-state index in [1.165, 1.54) is 0 Å². The first-order valence-electron chi connectivity index (χ1n) is 7.01. The number of carbonyl (C=O) groups excluding carboxylic acids is 1. The Bertz CT molecular complexity index is 366. The lowest BCUT2D eigenvalue weighted by molar-refractivity contribution is -0.125. The predicted octanol–water partition coefficient (Wildman–Crippen LogP) is 1.81. The number of rotatable bonds is 4. The van der Waals surface area contributed by atoms with Gasteiger partial charge in [-0.15, -0.1) is 24.0 Å². The minimum absolute atomic E-state index is 0. The number of nitrogens with one attached hydrogen (secondary N) is 1. The van der Waals surface area contributed by atoms with E-state index in [0.29, 0.717) is 12.0 Å². The maximum Gasteiger partial charge on any atom is 0.224 e. The van der Waals surface area contributed by atoms with Crippen molar-refractivity contribution in [1.82, 2.24) is 10.2 Å². The van der Waals surface area contributed by atoms with Crippen LogP contribution in [0, 0.1) is 10.8 Å². The van der Waals surface area contributed by atoms with Gasteiger partial charge in [-0.3, -0.25) is 9.79 Å². The van der Waals surface area contributed by atoms with Crippen LogP contribution in [0.2, 0.25) is 0 Å². The van der Waals surface area contributed by atoms with Crippen molar-refractivity contribution in [3.8, 4) is 0 Å². The summed E-state index contributed by atoms with van der Waals surface area (Å²) < 4.78 is 0. The van der Waals surface area contributed by atoms with Gasteiger partial charge in [0.15, 0.2) is 5.96 Å². The van der Waals surface area contributed by atoms with E-state index in [4.69, 9.17) is 5.73 Å². The molecule has 1 aliphatic rings. The Morgan fingerprint density at radius 1 is 1.45 bits per heavy atom. The minimum atomic E-state index is -0.601. The fraction of sp³-hybridized carbons (Fsp3) is 0.857. The lowest BCUT2D eigenvalue weighted by Crippen LogP contribution is -2.42. The van der Waals surface area contributed by atoms with Crippen LogP contribution in [0.4, 0.5) is 0 Å². The molecule has 3 N–H and O–H groups in total. The zero-order chi connectivity index (χ0) is 14.7. The van der Waals surface area contributed by atoms with Crippen molar-refractivity contribution in [3.05, 3.63) is 0 Å². The van der Waals surface area contributed by atoms with Crippen molar-refractivity contribution in [2.45, 2.75) is 41.0 Å². The Labute approximate surface area is 139 Å². The smallest absolute Gasteiger partial charge is 0.224 e. The van der Waals surface area contributed by atoms with Crippen LogP contribution in [0.5, 0.6) is 0 Å². The summed E-state index contributed by atoms with van der Waals surface area (Å²) in [5, 5.41) is 3.30. The number of hydrogen-bond acceptors (Lipinski definition) is 2. The monoisotopic (exact) mass is 396 g/mol. The Hall–Kier alpha value is -0.530. The van der Waals surface area contributed by atoms with E-state index >= 15 is 0 Å². The summed E-state index contributed by atoms with van der Waals surface area (Å²) in [6.45, 7) is 13.5. The number of halogens is 1. The van der Waals surface area contributed by atoms with Crippen LogP contribution in [-0.4, -0.2) is 42.9 Å². The second-order valence-corrected chi connectivity index (χ2v) is 6.75. The summed E-state index contributed by atoms with van der Waals surface area (Å²) >= 11 is 0. The number of nitrogens with two attached hydrogens (primary N) is 1. The summed E-state index contributed by atoms with van der Waals surface area (Å²) in [4.78, 5) is 18.2. The summed E-state index contributed by atoms with van der Waals surface area (Å²) in [7, 11) is 0. The van der Waals surface area contributed by atoms with Crippen LogP contribution in [-0.2, 0) is 4.79 Å². The fourth-order valence-corrected chi connectivity index (χ4v) is 2.07. The third kappa shape index (κ3) is 5.46. The fourth-order valence-electron chi connectivity index (χ4n) is 2.07. The van der Waals surface area contributed by atoms with Gasteiger partial charge in [0.1, 0.15) is 0 Å². The van der Waals surface area contributed by atoms with Crippen LogP contribution >= 0.6 is 24.0 Å². The molecule has 0 aromatic heterocycles. The molecule has 1 fully saturated rings. The van der Waals surface area contributed by atoms with Crippen molar-refractivity contribution in [3.63, 3.8) is 0 Å². The summed E-state index contributed by atoms with van der Waals surface area (Å²) in [5.74, 6) is 0.580. The highest BCUT2D eigenvalue weighted by Crippen LogP contribution is 2.28. The van der Waals surface area contributed by atoms with Crippen molar-refractivity contribution in [2.75, 3.05) is 26.2 Å². The number of aliphatic imine (C=N–C) groups is 1. The average molecular weight is 396 g/mol. The molecule has 0 bridgehead atoms. The van der Waals surface area contributed by atoms with Gasteiger partial charge in [-0.1, -0.05) is 13.8 Å². The third-order valence-electron chi connectivity index (χ3n) is 3.60. The minimum Gasteiger partial charge on any atom is -0.369 e. The number of likely N-dealkylation sites (tertiary alicyclic amines) is 1. The van der Waals surface area contributed by atoms with Gasteiger partial charge in [0.25, 0.3) is 0 Å². The summed E-state index contributed by atoms with van der Waals surface area (Å²) in [6.07, 6.45) is 1.16. The van der Waals surface area contributed by atoms with Gasteiger partial charge >= 0.3 is 0 Å². The molecule has 0 saturated carbocycles. The van der Waals surface area contributed by atoms with Gasteiger partial charge in [-0.2, -0.15) is 0 Å². The normalized spacial score (nSPS) is 18.6. The molecule has 1 saturated heterocycles. The van der Waals surface area contributed by atoms with Crippen molar-refractivity contribution in [1.29, 1.82) is 0 Å². The van der Waals surface area contributed by atoms with Gasteiger partial charge in [-0.05, 0) is 32.6 Å². The first kappa shape index (κ1) is 19.5. The SMILES string of the molecule is CCNC(=NCC(C)(C)C(N)=O)N1CCC(C)(C)C1.I. The standard InChI is InChI=1S/C14H28N4O.HI/c1-6-16-12(17-9-14(4,5)11(15)19)18-8-7-13(2,3)10-18;/h6-10H2,1-5H3,(H2,15,19)(H,16,17);1H. The molecule has 0 aromatic carbocycles. The molecule has 0 atom stereocenters. The van der Waals surface area contributed by atoms with Crippen LogP contribution < -0.4 is 11.1 Å². The van der Waals surface area contributed by atoms with Crippen LogP contribution in [0.3, 0.4) is 0 Å². The first-order valence-corrected chi connectivity index (χ1v) is 7.01. The Morgan fingerprint density at radius 2 is 2.05 bits per heavy atom. The van der Waals surface area contributed by atoms with Crippen LogP contribution in [0.1, 0.15) is 41.0 Å². The van der Waals surface area contributed by atoms with Crippen LogP contribution in [0.25, 0.3) is 0 Å². The molecule has 6 heteroatoms. The number of amides is 1. The molecule has 0 spiro atoms. The maximum atomic E-state index is 11.3. The second-order valence-electron chi connectivity index (χ2n) is 6.75. The predicted molar refractivity (Wildman–Crippen MR) is 94.3 cm³/mol. The quantitative estimate of drug-likeness (QED) is 0.433. The van der Waals surface area contributed by atoms with E-state index in [0.717, 1.165) is 32.0 Å². The number of primary amides is 1. The zero-order valence-electron chi connectivity index (χ0n) is 13.3. The largest absolute Gasteiger partial charge is 0.369 e. The van der Waals surface area contributed by atoms with E-state index in [9.17, 15) is 4.79 Å². The molecule has 0 aliphatic carbocycles. The molecule has 0 radical (unpaired) electrons. The van der Waals surface area contributed by atoms with Crippen molar-refractivity contribution >= 4 is 35.8 Å². The molecular formula is C14H29IN4O. The van der Waals surface area contributed by atoms with E-state index in [1.807, 2.05) is 13.8 Å². The third-order valence-corrected chi connectivity index (χ3v) is 3.60. The average Bonchev–Trinajstić information content (AvgIpc) is 2.64. The lowest BCUT2D eigenvalue weighted by atomic mass is 9.93. The Morgan fingerprint density at radius 3 is 2.45 bits per heavy atom. The molecule has 0 unspecified atom stereocenters. The van der Waals surface area contributed by atoms with Gasteiger partial charge in [0, 0.05) is 19.6 Å². The molecule has 1 amide bonds. The molecular weight excluding hydrogens is 367 g/mol. The maximum absolute atomic E-state index is 11.3. The van der Waals surface area contributed by atoms with E-state index in [-0.39, 0.29) is 29.9 Å². The Kier molecular flexibility index (Phi) is 7.27. The van der Waals surface area contributed by atoms with Crippen molar-refractivity contribution in [2.24, 2.45) is 21.6 Å². The number of hydrogen-bond donors (Lipinski definition) is 2. The van der Waals surface area contributed by atoms with Gasteiger partial charge in [0.2, 0.25) is 5.91 Å².